The van der Waals surface area contributed by atoms with Gasteiger partial charge in [-0.2, -0.15) is 0 Å². The van der Waals surface area contributed by atoms with E-state index in [9.17, 15) is 35.4 Å². The van der Waals surface area contributed by atoms with Gasteiger partial charge in [-0.05, 0) is 17.7 Å². The summed E-state index contributed by atoms with van der Waals surface area (Å²) in [4.78, 5) is 13.1. The molecule has 0 amide bonds. The molecular formula is C22H22O11. The van der Waals surface area contributed by atoms with Gasteiger partial charge in [0.25, 0.3) is 0 Å². The van der Waals surface area contributed by atoms with E-state index < -0.39 is 48.5 Å². The topological polar surface area (TPSA) is 179 Å². The number of phenols is 2. The lowest BCUT2D eigenvalue weighted by atomic mass is 9.99. The number of rotatable bonds is 5. The largest absolute Gasteiger partial charge is 0.508 e. The minimum absolute atomic E-state index is 0.0171. The van der Waals surface area contributed by atoms with Gasteiger partial charge in [0.1, 0.15) is 47.6 Å². The summed E-state index contributed by atoms with van der Waals surface area (Å²) in [6.45, 7) is -0.653. The number of fused-ring (bicyclic) bond motifs is 1. The van der Waals surface area contributed by atoms with Crippen molar-refractivity contribution >= 4 is 11.0 Å². The van der Waals surface area contributed by atoms with Crippen molar-refractivity contribution in [2.45, 2.75) is 30.7 Å². The summed E-state index contributed by atoms with van der Waals surface area (Å²) in [5, 5.41) is 59.3. The van der Waals surface area contributed by atoms with Crippen LogP contribution in [0.1, 0.15) is 0 Å². The summed E-state index contributed by atoms with van der Waals surface area (Å²) in [6, 6.07) is 6.88. The Morgan fingerprint density at radius 3 is 2.36 bits per heavy atom. The molecule has 0 spiro atoms. The van der Waals surface area contributed by atoms with Gasteiger partial charge in [0.05, 0.1) is 19.3 Å². The zero-order valence-electron chi connectivity index (χ0n) is 17.3. The van der Waals surface area contributed by atoms with E-state index in [0.717, 1.165) is 12.3 Å². The van der Waals surface area contributed by atoms with Crippen LogP contribution in [0.5, 0.6) is 23.0 Å². The fraction of sp³-hybridized carbons (Fsp3) is 0.318. The van der Waals surface area contributed by atoms with Crippen LogP contribution in [0.25, 0.3) is 22.1 Å². The highest BCUT2D eigenvalue weighted by molar-refractivity contribution is 5.93. The van der Waals surface area contributed by atoms with Crippen LogP contribution in [0.3, 0.4) is 0 Å². The molecule has 2 aromatic carbocycles. The average molecular weight is 462 g/mol. The van der Waals surface area contributed by atoms with E-state index in [4.69, 9.17) is 18.6 Å². The molecule has 0 aliphatic carbocycles. The first-order chi connectivity index (χ1) is 15.8. The Morgan fingerprint density at radius 2 is 1.73 bits per heavy atom. The minimum atomic E-state index is -1.70. The Balaban J connectivity index is 1.77. The molecule has 1 aliphatic heterocycles. The van der Waals surface area contributed by atoms with Crippen molar-refractivity contribution in [1.82, 2.24) is 0 Å². The summed E-state index contributed by atoms with van der Waals surface area (Å²) in [6.07, 6.45) is -6.54. The number of aromatic hydroxyl groups is 2. The Bertz CT molecular complexity index is 1200. The zero-order valence-corrected chi connectivity index (χ0v) is 17.3. The molecule has 5 atom stereocenters. The molecule has 1 fully saturated rings. The fourth-order valence-corrected chi connectivity index (χ4v) is 3.65. The van der Waals surface area contributed by atoms with Crippen LogP contribution in [-0.4, -0.2) is 75.1 Å². The van der Waals surface area contributed by atoms with E-state index >= 15 is 0 Å². The molecule has 176 valence electrons. The van der Waals surface area contributed by atoms with Crippen molar-refractivity contribution in [3.63, 3.8) is 0 Å². The van der Waals surface area contributed by atoms with Crippen molar-refractivity contribution in [3.8, 4) is 34.1 Å². The molecule has 0 radical (unpaired) electrons. The lowest BCUT2D eigenvalue weighted by molar-refractivity contribution is -0.277. The second kappa shape index (κ2) is 8.89. The van der Waals surface area contributed by atoms with Gasteiger partial charge in [0.15, 0.2) is 11.3 Å². The minimum Gasteiger partial charge on any atom is -0.508 e. The molecule has 1 aliphatic rings. The number of ether oxygens (including phenoxy) is 3. The van der Waals surface area contributed by atoms with E-state index in [1.54, 1.807) is 0 Å². The molecule has 11 nitrogen and oxygen atoms in total. The van der Waals surface area contributed by atoms with Gasteiger partial charge in [-0.15, -0.1) is 0 Å². The monoisotopic (exact) mass is 462 g/mol. The summed E-state index contributed by atoms with van der Waals surface area (Å²) in [5.41, 5.74) is -0.146. The van der Waals surface area contributed by atoms with Crippen LogP contribution >= 0.6 is 0 Å². The van der Waals surface area contributed by atoms with E-state index in [1.807, 2.05) is 0 Å². The van der Waals surface area contributed by atoms with Crippen molar-refractivity contribution in [1.29, 1.82) is 0 Å². The SMILES string of the molecule is COc1c(O[C@@H]2OC(CO)[C@@H](O)[C@H](O)C2O)cc(O)c2c(=O)c(-c3ccc(O)cc3)coc12. The van der Waals surface area contributed by atoms with Gasteiger partial charge in [-0.25, -0.2) is 0 Å². The number of aliphatic hydroxyl groups excluding tert-OH is 4. The van der Waals surface area contributed by atoms with E-state index in [2.05, 4.69) is 0 Å². The van der Waals surface area contributed by atoms with Gasteiger partial charge < -0.3 is 49.3 Å². The third-order valence-corrected chi connectivity index (χ3v) is 5.42. The van der Waals surface area contributed by atoms with Crippen molar-refractivity contribution in [2.24, 2.45) is 0 Å². The molecule has 1 aromatic heterocycles. The molecule has 6 N–H and O–H groups in total. The molecule has 1 saturated heterocycles. The predicted molar refractivity (Wildman–Crippen MR) is 112 cm³/mol. The van der Waals surface area contributed by atoms with Crippen LogP contribution < -0.4 is 14.9 Å². The van der Waals surface area contributed by atoms with E-state index in [-0.39, 0.29) is 33.8 Å². The summed E-state index contributed by atoms with van der Waals surface area (Å²) in [5.74, 6) is -0.787. The summed E-state index contributed by atoms with van der Waals surface area (Å²) >= 11 is 0. The Labute approximate surface area is 186 Å². The van der Waals surface area contributed by atoms with Crippen molar-refractivity contribution in [3.05, 3.63) is 46.8 Å². The molecule has 33 heavy (non-hydrogen) atoms. The quantitative estimate of drug-likeness (QED) is 0.302. The number of hydrogen-bond donors (Lipinski definition) is 6. The normalized spacial score (nSPS) is 25.2. The molecule has 3 aromatic rings. The van der Waals surface area contributed by atoms with Crippen LogP contribution in [-0.2, 0) is 4.74 Å². The third kappa shape index (κ3) is 3.96. The first-order valence-corrected chi connectivity index (χ1v) is 9.88. The maximum atomic E-state index is 13.1. The first kappa shape index (κ1) is 22.8. The molecule has 0 saturated carbocycles. The summed E-state index contributed by atoms with van der Waals surface area (Å²) in [7, 11) is 1.26. The fourth-order valence-electron chi connectivity index (χ4n) is 3.65. The van der Waals surface area contributed by atoms with Crippen LogP contribution in [0.4, 0.5) is 0 Å². The molecular weight excluding hydrogens is 440 g/mol. The highest BCUT2D eigenvalue weighted by Crippen LogP contribution is 2.41. The molecule has 4 rings (SSSR count). The third-order valence-electron chi connectivity index (χ3n) is 5.42. The van der Waals surface area contributed by atoms with Crippen LogP contribution in [0.2, 0.25) is 0 Å². The van der Waals surface area contributed by atoms with Gasteiger partial charge in [-0.1, -0.05) is 12.1 Å². The lowest BCUT2D eigenvalue weighted by Crippen LogP contribution is -2.60. The zero-order chi connectivity index (χ0) is 23.9. The van der Waals surface area contributed by atoms with E-state index in [1.165, 1.54) is 31.4 Å². The van der Waals surface area contributed by atoms with Crippen LogP contribution in [0.15, 0.2) is 45.8 Å². The van der Waals surface area contributed by atoms with Gasteiger partial charge >= 0.3 is 0 Å². The number of methoxy groups -OCH3 is 1. The molecule has 11 heteroatoms. The first-order valence-electron chi connectivity index (χ1n) is 9.88. The van der Waals surface area contributed by atoms with Gasteiger partial charge in [0.2, 0.25) is 17.5 Å². The number of aliphatic hydroxyl groups is 4. The number of phenolic OH excluding ortho intramolecular Hbond substituents is 2. The number of hydrogen-bond acceptors (Lipinski definition) is 11. The predicted octanol–water partition coefficient (Wildman–Crippen LogP) is 0.0585. The molecule has 2 heterocycles. The van der Waals surface area contributed by atoms with Gasteiger partial charge in [-0.3, -0.25) is 4.79 Å². The van der Waals surface area contributed by atoms with E-state index in [0.29, 0.717) is 5.56 Å². The molecule has 0 bridgehead atoms. The number of benzene rings is 2. The standard InChI is InChI=1S/C22H22O11/c1-30-20-13(32-22-19(29)18(28)17(27)14(7-23)33-22)6-12(25)15-16(26)11(8-31-21(15)20)9-2-4-10(24)5-3-9/h2-6,8,14,17-19,22-25,27-29H,7H2,1H3/t14?,17-,18+,19?,22-/m1/s1. The second-order valence-corrected chi connectivity index (χ2v) is 7.47. The second-order valence-electron chi connectivity index (χ2n) is 7.47. The highest BCUT2D eigenvalue weighted by Gasteiger charge is 2.45. The Kier molecular flexibility index (Phi) is 6.15. The smallest absolute Gasteiger partial charge is 0.229 e. The molecule has 2 unspecified atom stereocenters. The Morgan fingerprint density at radius 1 is 1.03 bits per heavy atom. The average Bonchev–Trinajstić information content (AvgIpc) is 2.80. The Hall–Kier alpha value is -3.35. The van der Waals surface area contributed by atoms with Crippen molar-refractivity contribution in [2.75, 3.05) is 13.7 Å². The van der Waals surface area contributed by atoms with Crippen LogP contribution in [0, 0.1) is 0 Å². The maximum Gasteiger partial charge on any atom is 0.229 e. The lowest BCUT2D eigenvalue weighted by Gasteiger charge is -2.39. The highest BCUT2D eigenvalue weighted by atomic mass is 16.7. The van der Waals surface area contributed by atoms with Crippen molar-refractivity contribution < 1.29 is 49.3 Å². The summed E-state index contributed by atoms with van der Waals surface area (Å²) < 4.78 is 21.8. The van der Waals surface area contributed by atoms with Gasteiger partial charge in [0, 0.05) is 6.07 Å². The maximum absolute atomic E-state index is 13.1.